The quantitative estimate of drug-likeness (QED) is 0.477. The van der Waals surface area contributed by atoms with Gasteiger partial charge in [0, 0.05) is 6.07 Å². The summed E-state index contributed by atoms with van der Waals surface area (Å²) in [5, 5.41) is 11.0. The number of nitro benzene ring substituents is 1. The van der Waals surface area contributed by atoms with Crippen molar-refractivity contribution >= 4 is 15.8 Å². The molecule has 116 valence electrons. The second kappa shape index (κ2) is 6.02. The number of methoxy groups -OCH3 is 1. The number of ether oxygens (including phenoxy) is 1. The highest BCUT2D eigenvalue weighted by Crippen LogP contribution is 2.30. The van der Waals surface area contributed by atoms with Crippen molar-refractivity contribution in [1.82, 2.24) is 0 Å². The molecule has 8 heteroatoms. The van der Waals surface area contributed by atoms with Gasteiger partial charge in [0.05, 0.1) is 12.0 Å². The number of hydrogen-bond acceptors (Lipinski definition) is 6. The fourth-order valence-corrected chi connectivity index (χ4v) is 2.69. The van der Waals surface area contributed by atoms with E-state index in [0.717, 1.165) is 0 Å². The van der Waals surface area contributed by atoms with Gasteiger partial charge in [-0.3, -0.25) is 10.1 Å². The number of aryl methyl sites for hydroxylation is 1. The van der Waals surface area contributed by atoms with Crippen LogP contribution in [-0.4, -0.2) is 20.5 Å². The zero-order valence-corrected chi connectivity index (χ0v) is 12.7. The average molecular weight is 323 g/mol. The Labute approximate surface area is 127 Å². The number of nitro groups is 1. The average Bonchev–Trinajstić information content (AvgIpc) is 2.48. The largest absolute Gasteiger partial charge is 0.497 e. The monoisotopic (exact) mass is 323 g/mol. The normalized spacial score (nSPS) is 11.0. The van der Waals surface area contributed by atoms with Crippen molar-refractivity contribution < 1.29 is 22.3 Å². The van der Waals surface area contributed by atoms with E-state index in [2.05, 4.69) is 0 Å². The van der Waals surface area contributed by atoms with Crippen LogP contribution in [0.2, 0.25) is 0 Å². The van der Waals surface area contributed by atoms with Crippen molar-refractivity contribution in [3.63, 3.8) is 0 Å². The first-order valence-corrected chi connectivity index (χ1v) is 7.58. The molecule has 2 aromatic rings. The topological polar surface area (TPSA) is 95.7 Å². The number of nitrogens with zero attached hydrogens (tertiary/aromatic N) is 1. The third-order valence-corrected chi connectivity index (χ3v) is 4.11. The molecule has 0 aliphatic heterocycles. The number of rotatable bonds is 5. The van der Waals surface area contributed by atoms with Crippen LogP contribution in [0, 0.1) is 17.0 Å². The molecule has 0 bridgehead atoms. The second-order valence-electron chi connectivity index (χ2n) is 4.44. The summed E-state index contributed by atoms with van der Waals surface area (Å²) >= 11 is 0. The van der Waals surface area contributed by atoms with E-state index in [1.807, 2.05) is 0 Å². The van der Waals surface area contributed by atoms with E-state index in [0.29, 0.717) is 11.3 Å². The predicted molar refractivity (Wildman–Crippen MR) is 78.6 cm³/mol. The molecule has 0 saturated heterocycles. The third kappa shape index (κ3) is 3.34. The van der Waals surface area contributed by atoms with E-state index in [1.54, 1.807) is 6.92 Å². The molecule has 2 aromatic carbocycles. The maximum Gasteiger partial charge on any atom is 0.339 e. The van der Waals surface area contributed by atoms with Crippen LogP contribution in [-0.2, 0) is 10.1 Å². The van der Waals surface area contributed by atoms with Crippen LogP contribution >= 0.6 is 0 Å². The molecule has 0 unspecified atom stereocenters. The lowest BCUT2D eigenvalue weighted by molar-refractivity contribution is -0.385. The number of benzene rings is 2. The van der Waals surface area contributed by atoms with Gasteiger partial charge in [0.2, 0.25) is 5.75 Å². The minimum absolute atomic E-state index is 0.122. The van der Waals surface area contributed by atoms with Gasteiger partial charge in [-0.25, -0.2) is 0 Å². The third-order valence-electron chi connectivity index (χ3n) is 2.86. The summed E-state index contributed by atoms with van der Waals surface area (Å²) in [5.41, 5.74) is 0.220. The van der Waals surface area contributed by atoms with Crippen molar-refractivity contribution in [2.45, 2.75) is 11.8 Å². The van der Waals surface area contributed by atoms with Crippen LogP contribution in [0.4, 0.5) is 5.69 Å². The Bertz CT molecular complexity index is 799. The van der Waals surface area contributed by atoms with Gasteiger partial charge in [-0.2, -0.15) is 8.42 Å². The summed E-state index contributed by atoms with van der Waals surface area (Å²) in [7, 11) is -2.71. The van der Waals surface area contributed by atoms with E-state index >= 15 is 0 Å². The first-order valence-electron chi connectivity index (χ1n) is 6.17. The van der Waals surface area contributed by atoms with Gasteiger partial charge < -0.3 is 8.92 Å². The first kappa shape index (κ1) is 15.8. The van der Waals surface area contributed by atoms with E-state index < -0.39 is 20.7 Å². The Morgan fingerprint density at radius 1 is 1.09 bits per heavy atom. The van der Waals surface area contributed by atoms with Crippen LogP contribution in [0.3, 0.4) is 0 Å². The highest BCUT2D eigenvalue weighted by molar-refractivity contribution is 7.87. The molecular formula is C14H13NO6S. The van der Waals surface area contributed by atoms with Gasteiger partial charge in [0.1, 0.15) is 10.6 Å². The van der Waals surface area contributed by atoms with Gasteiger partial charge in [-0.1, -0.05) is 6.07 Å². The van der Waals surface area contributed by atoms with Crippen molar-refractivity contribution in [2.75, 3.05) is 7.11 Å². The van der Waals surface area contributed by atoms with Crippen molar-refractivity contribution in [2.24, 2.45) is 0 Å². The fraction of sp³-hybridized carbons (Fsp3) is 0.143. The summed E-state index contributed by atoms with van der Waals surface area (Å²) in [4.78, 5) is 10.2. The minimum Gasteiger partial charge on any atom is -0.497 e. The molecule has 0 atom stereocenters. The lowest BCUT2D eigenvalue weighted by Crippen LogP contribution is -2.11. The summed E-state index contributed by atoms with van der Waals surface area (Å²) in [6.45, 7) is 1.66. The van der Waals surface area contributed by atoms with Crippen molar-refractivity contribution in [1.29, 1.82) is 0 Å². The highest BCUT2D eigenvalue weighted by atomic mass is 32.2. The molecule has 0 amide bonds. The summed E-state index contributed by atoms with van der Waals surface area (Å²) < 4.78 is 34.2. The van der Waals surface area contributed by atoms with Crippen LogP contribution in [0.15, 0.2) is 47.4 Å². The van der Waals surface area contributed by atoms with Crippen LogP contribution in [0.5, 0.6) is 11.5 Å². The molecule has 0 spiro atoms. The maximum absolute atomic E-state index is 12.2. The van der Waals surface area contributed by atoms with E-state index in [9.17, 15) is 18.5 Å². The zero-order chi connectivity index (χ0) is 16.3. The predicted octanol–water partition coefficient (Wildman–Crippen LogP) is 2.68. The molecule has 0 aromatic heterocycles. The fourth-order valence-electron chi connectivity index (χ4n) is 1.75. The Kier molecular flexibility index (Phi) is 4.32. The van der Waals surface area contributed by atoms with Gasteiger partial charge in [-0.05, 0) is 42.8 Å². The molecule has 2 rings (SSSR count). The summed E-state index contributed by atoms with van der Waals surface area (Å²) in [6.07, 6.45) is 0. The van der Waals surface area contributed by atoms with Crippen LogP contribution < -0.4 is 8.92 Å². The number of hydrogen-bond donors (Lipinski definition) is 0. The zero-order valence-electron chi connectivity index (χ0n) is 11.8. The maximum atomic E-state index is 12.2. The molecule has 0 saturated carbocycles. The van der Waals surface area contributed by atoms with Crippen LogP contribution in [0.25, 0.3) is 0 Å². The molecule has 0 radical (unpaired) electrons. The molecule has 0 fully saturated rings. The molecular weight excluding hydrogens is 310 g/mol. The molecule has 7 nitrogen and oxygen atoms in total. The lowest BCUT2D eigenvalue weighted by atomic mass is 10.2. The summed E-state index contributed by atoms with van der Waals surface area (Å²) in [5.74, 6) is 0.159. The van der Waals surface area contributed by atoms with Crippen molar-refractivity contribution in [3.05, 3.63) is 58.1 Å². The Balaban J connectivity index is 2.38. The molecule has 0 heterocycles. The SMILES string of the molecule is COc1ccc(S(=O)(=O)Oc2ccc(C)cc2[N+](=O)[O-])cc1. The molecule has 0 N–H and O–H groups in total. The molecule has 22 heavy (non-hydrogen) atoms. The first-order chi connectivity index (χ1) is 10.3. The minimum atomic E-state index is -4.17. The van der Waals surface area contributed by atoms with Crippen LogP contribution in [0.1, 0.15) is 5.56 Å². The van der Waals surface area contributed by atoms with E-state index in [4.69, 9.17) is 8.92 Å². The second-order valence-corrected chi connectivity index (χ2v) is 5.99. The Morgan fingerprint density at radius 3 is 2.27 bits per heavy atom. The van der Waals surface area contributed by atoms with Gasteiger partial charge in [-0.15, -0.1) is 0 Å². The molecule has 0 aliphatic rings. The lowest BCUT2D eigenvalue weighted by Gasteiger charge is -2.08. The van der Waals surface area contributed by atoms with Gasteiger partial charge in [0.25, 0.3) is 0 Å². The van der Waals surface area contributed by atoms with E-state index in [-0.39, 0.29) is 10.6 Å². The Morgan fingerprint density at radius 2 is 1.73 bits per heavy atom. The highest BCUT2D eigenvalue weighted by Gasteiger charge is 2.23. The standard InChI is InChI=1S/C14H13NO6S/c1-10-3-8-14(13(9-10)15(16)17)21-22(18,19)12-6-4-11(20-2)5-7-12/h3-9H,1-2H3. The van der Waals surface area contributed by atoms with Gasteiger partial charge in [0.15, 0.2) is 0 Å². The molecule has 0 aliphatic carbocycles. The van der Waals surface area contributed by atoms with E-state index in [1.165, 1.54) is 49.6 Å². The Hall–Kier alpha value is -2.61. The summed E-state index contributed by atoms with van der Waals surface area (Å²) in [6, 6.07) is 9.56. The smallest absolute Gasteiger partial charge is 0.339 e. The van der Waals surface area contributed by atoms with Crippen molar-refractivity contribution in [3.8, 4) is 11.5 Å². The van der Waals surface area contributed by atoms with Gasteiger partial charge >= 0.3 is 15.8 Å².